The Labute approximate surface area is 173 Å². The first-order chi connectivity index (χ1) is 14.0. The van der Waals surface area contributed by atoms with Crippen molar-refractivity contribution in [2.45, 2.75) is 31.2 Å². The van der Waals surface area contributed by atoms with Gasteiger partial charge in [-0.3, -0.25) is 14.5 Å². The van der Waals surface area contributed by atoms with E-state index in [4.69, 9.17) is 16.3 Å². The quantitative estimate of drug-likeness (QED) is 0.727. The molecule has 0 unspecified atom stereocenters. The summed E-state index contributed by atoms with van der Waals surface area (Å²) in [7, 11) is 0. The van der Waals surface area contributed by atoms with E-state index in [-0.39, 0.29) is 12.5 Å². The van der Waals surface area contributed by atoms with Crippen molar-refractivity contribution in [3.8, 4) is 11.5 Å². The lowest BCUT2D eigenvalue weighted by atomic mass is 9.98. The van der Waals surface area contributed by atoms with Crippen LogP contribution in [0.25, 0.3) is 0 Å². The number of ether oxygens (including phenoxy) is 1. The zero-order valence-electron chi connectivity index (χ0n) is 15.6. The molecule has 4 amide bonds. The van der Waals surface area contributed by atoms with Gasteiger partial charge < -0.3 is 15.4 Å². The molecule has 1 aliphatic heterocycles. The number of carbonyl (C=O) groups is 3. The van der Waals surface area contributed by atoms with Crippen LogP contribution in [0.4, 0.5) is 10.5 Å². The van der Waals surface area contributed by atoms with Crippen LogP contribution in [-0.4, -0.2) is 34.8 Å². The lowest BCUT2D eigenvalue weighted by Gasteiger charge is -2.19. The maximum Gasteiger partial charge on any atom is 0.325 e. The molecule has 2 N–H and O–H groups in total. The van der Waals surface area contributed by atoms with Crippen LogP contribution in [0.15, 0.2) is 48.5 Å². The summed E-state index contributed by atoms with van der Waals surface area (Å²) in [5, 5.41) is 5.96. The Morgan fingerprint density at radius 2 is 1.79 bits per heavy atom. The number of hydrogen-bond acceptors (Lipinski definition) is 4. The van der Waals surface area contributed by atoms with Crippen molar-refractivity contribution in [3.63, 3.8) is 0 Å². The van der Waals surface area contributed by atoms with Crippen LogP contribution in [-0.2, 0) is 9.59 Å². The van der Waals surface area contributed by atoms with Gasteiger partial charge in [-0.1, -0.05) is 36.6 Å². The predicted octanol–water partition coefficient (Wildman–Crippen LogP) is 3.94. The van der Waals surface area contributed by atoms with E-state index >= 15 is 0 Å². The fraction of sp³-hybridized carbons (Fsp3) is 0.286. The average Bonchev–Trinajstić information content (AvgIpc) is 3.26. The average molecular weight is 414 g/mol. The lowest BCUT2D eigenvalue weighted by molar-refractivity contribution is -0.133. The third kappa shape index (κ3) is 3.91. The highest BCUT2D eigenvalue weighted by atomic mass is 35.5. The first-order valence-corrected chi connectivity index (χ1v) is 9.81. The van der Waals surface area contributed by atoms with Crippen LogP contribution < -0.4 is 15.4 Å². The smallest absolute Gasteiger partial charge is 0.325 e. The Kier molecular flexibility index (Phi) is 5.15. The minimum Gasteiger partial charge on any atom is -0.456 e. The van der Waals surface area contributed by atoms with Gasteiger partial charge in [-0.25, -0.2) is 4.79 Å². The number of hydrogen-bond donors (Lipinski definition) is 2. The molecule has 4 rings (SSSR count). The number of anilines is 1. The van der Waals surface area contributed by atoms with Crippen molar-refractivity contribution in [1.82, 2.24) is 10.2 Å². The van der Waals surface area contributed by atoms with E-state index in [1.54, 1.807) is 36.4 Å². The van der Waals surface area contributed by atoms with Crippen LogP contribution >= 0.6 is 11.6 Å². The largest absolute Gasteiger partial charge is 0.456 e. The highest BCUT2D eigenvalue weighted by Crippen LogP contribution is 2.35. The Hall–Kier alpha value is -3.06. The van der Waals surface area contributed by atoms with Gasteiger partial charge >= 0.3 is 6.03 Å². The van der Waals surface area contributed by atoms with Gasteiger partial charge in [0.05, 0.1) is 5.02 Å². The zero-order valence-corrected chi connectivity index (χ0v) is 16.4. The lowest BCUT2D eigenvalue weighted by Crippen LogP contribution is -2.44. The van der Waals surface area contributed by atoms with Crippen molar-refractivity contribution in [2.75, 3.05) is 11.9 Å². The van der Waals surface area contributed by atoms with Crippen molar-refractivity contribution < 1.29 is 19.1 Å². The molecule has 150 valence electrons. The Morgan fingerprint density at radius 3 is 2.48 bits per heavy atom. The van der Waals surface area contributed by atoms with E-state index in [0.29, 0.717) is 35.1 Å². The molecule has 1 spiro atoms. The van der Waals surface area contributed by atoms with Crippen molar-refractivity contribution in [2.24, 2.45) is 0 Å². The molecule has 1 aliphatic carbocycles. The molecule has 0 atom stereocenters. The molecule has 2 aromatic carbocycles. The summed E-state index contributed by atoms with van der Waals surface area (Å²) >= 11 is 6.08. The van der Waals surface area contributed by atoms with Crippen LogP contribution in [0.3, 0.4) is 0 Å². The number of benzene rings is 2. The molecule has 8 heteroatoms. The Bertz CT molecular complexity index is 955. The second kappa shape index (κ2) is 7.75. The van der Waals surface area contributed by atoms with E-state index in [0.717, 1.165) is 17.7 Å². The minimum absolute atomic E-state index is 0.307. The van der Waals surface area contributed by atoms with Crippen LogP contribution in [0.1, 0.15) is 25.7 Å². The van der Waals surface area contributed by atoms with Gasteiger partial charge in [0, 0.05) is 5.69 Å². The van der Waals surface area contributed by atoms with Crippen molar-refractivity contribution >= 4 is 35.1 Å². The number of nitrogens with one attached hydrogen (secondary N) is 2. The summed E-state index contributed by atoms with van der Waals surface area (Å²) in [5.74, 6) is 0.348. The van der Waals surface area contributed by atoms with Gasteiger partial charge in [-0.2, -0.15) is 0 Å². The summed E-state index contributed by atoms with van der Waals surface area (Å²) in [6.07, 6.45) is 3.05. The van der Waals surface area contributed by atoms with E-state index in [1.807, 2.05) is 12.1 Å². The molecular formula is C21H20ClN3O4. The topological polar surface area (TPSA) is 87.7 Å². The van der Waals surface area contributed by atoms with Crippen LogP contribution in [0.2, 0.25) is 5.02 Å². The number of amides is 4. The van der Waals surface area contributed by atoms with Gasteiger partial charge in [0.1, 0.15) is 23.6 Å². The first-order valence-electron chi connectivity index (χ1n) is 9.43. The molecule has 0 radical (unpaired) electrons. The van der Waals surface area contributed by atoms with E-state index in [9.17, 15) is 14.4 Å². The first kappa shape index (κ1) is 19.3. The number of para-hydroxylation sites is 1. The summed E-state index contributed by atoms with van der Waals surface area (Å²) in [6.45, 7) is -0.315. The molecule has 1 heterocycles. The molecule has 2 aliphatic rings. The second-order valence-electron chi connectivity index (χ2n) is 7.22. The molecule has 2 aromatic rings. The Balaban J connectivity index is 1.36. The number of imide groups is 1. The summed E-state index contributed by atoms with van der Waals surface area (Å²) < 4.78 is 5.71. The normalized spacial score (nSPS) is 17.5. The highest BCUT2D eigenvalue weighted by Gasteiger charge is 2.52. The number of urea groups is 1. The van der Waals surface area contributed by atoms with Crippen LogP contribution in [0, 0.1) is 0 Å². The molecule has 1 saturated carbocycles. The van der Waals surface area contributed by atoms with E-state index < -0.39 is 17.5 Å². The van der Waals surface area contributed by atoms with Crippen molar-refractivity contribution in [3.05, 3.63) is 53.6 Å². The SMILES string of the molecule is O=C(CN1C(=O)NC2(CCCC2)C1=O)Nc1ccc(Oc2ccccc2Cl)cc1. The number of carbonyl (C=O) groups excluding carboxylic acids is 3. The fourth-order valence-electron chi connectivity index (χ4n) is 3.74. The van der Waals surface area contributed by atoms with Crippen molar-refractivity contribution in [1.29, 1.82) is 0 Å². The van der Waals surface area contributed by atoms with Gasteiger partial charge in [-0.05, 0) is 49.2 Å². The van der Waals surface area contributed by atoms with E-state index in [1.165, 1.54) is 0 Å². The number of rotatable bonds is 5. The third-order valence-corrected chi connectivity index (χ3v) is 5.52. The molecule has 0 aromatic heterocycles. The monoisotopic (exact) mass is 413 g/mol. The predicted molar refractivity (Wildman–Crippen MR) is 108 cm³/mol. The number of halogens is 1. The fourth-order valence-corrected chi connectivity index (χ4v) is 3.92. The second-order valence-corrected chi connectivity index (χ2v) is 7.62. The maximum atomic E-state index is 12.6. The standard InChI is InChI=1S/C21H20ClN3O4/c22-16-5-1-2-6-17(16)29-15-9-7-14(8-10-15)23-18(26)13-25-19(27)21(24-20(25)28)11-3-4-12-21/h1-2,5-10H,3-4,11-13H2,(H,23,26)(H,24,28). The summed E-state index contributed by atoms with van der Waals surface area (Å²) in [4.78, 5) is 38.1. The minimum atomic E-state index is -0.810. The van der Waals surface area contributed by atoms with Gasteiger partial charge in [0.2, 0.25) is 5.91 Å². The molecule has 0 bridgehead atoms. The molecule has 2 fully saturated rings. The molecular weight excluding hydrogens is 394 g/mol. The maximum absolute atomic E-state index is 12.6. The molecule has 7 nitrogen and oxygen atoms in total. The Morgan fingerprint density at radius 1 is 1.10 bits per heavy atom. The zero-order chi connectivity index (χ0) is 20.4. The summed E-state index contributed by atoms with van der Waals surface area (Å²) in [6, 6.07) is 13.4. The van der Waals surface area contributed by atoms with Gasteiger partial charge in [-0.15, -0.1) is 0 Å². The number of nitrogens with zero attached hydrogens (tertiary/aromatic N) is 1. The third-order valence-electron chi connectivity index (χ3n) is 5.21. The molecule has 29 heavy (non-hydrogen) atoms. The summed E-state index contributed by atoms with van der Waals surface area (Å²) in [5.41, 5.74) is -0.279. The van der Waals surface area contributed by atoms with Crippen LogP contribution in [0.5, 0.6) is 11.5 Å². The van der Waals surface area contributed by atoms with E-state index in [2.05, 4.69) is 10.6 Å². The molecule has 1 saturated heterocycles. The highest BCUT2D eigenvalue weighted by molar-refractivity contribution is 6.32. The van der Waals surface area contributed by atoms with Gasteiger partial charge in [0.25, 0.3) is 5.91 Å². The van der Waals surface area contributed by atoms with Gasteiger partial charge in [0.15, 0.2) is 0 Å².